The molecule has 0 aromatic heterocycles. The minimum atomic E-state index is -1.11. The second-order valence-corrected chi connectivity index (χ2v) is 4.24. The molecule has 0 spiro atoms. The predicted octanol–water partition coefficient (Wildman–Crippen LogP) is 2.08. The lowest BCUT2D eigenvalue weighted by Gasteiger charge is -2.29. The standard InChI is InChI=1S/C13H13FN2O2/c14-10-3-1-2-4-11(10)16-12(17)13(9-15)5-7-18-8-6-13/h1-4H,5-8H2,(H,16,17). The minimum Gasteiger partial charge on any atom is -0.381 e. The molecule has 0 aliphatic carbocycles. The van der Waals surface area contributed by atoms with Crippen LogP contribution >= 0.6 is 0 Å². The average Bonchev–Trinajstić information content (AvgIpc) is 2.42. The third-order valence-electron chi connectivity index (χ3n) is 3.12. The molecule has 18 heavy (non-hydrogen) atoms. The van der Waals surface area contributed by atoms with Gasteiger partial charge in [-0.25, -0.2) is 4.39 Å². The van der Waals surface area contributed by atoms with Crippen LogP contribution in [0.4, 0.5) is 10.1 Å². The largest absolute Gasteiger partial charge is 0.381 e. The van der Waals surface area contributed by atoms with E-state index in [1.165, 1.54) is 12.1 Å². The molecule has 5 heteroatoms. The van der Waals surface area contributed by atoms with E-state index in [0.717, 1.165) is 0 Å². The van der Waals surface area contributed by atoms with Crippen LogP contribution in [0.5, 0.6) is 0 Å². The van der Waals surface area contributed by atoms with Gasteiger partial charge in [-0.3, -0.25) is 4.79 Å². The zero-order valence-electron chi connectivity index (χ0n) is 9.78. The maximum atomic E-state index is 13.4. The zero-order chi connectivity index (χ0) is 13.0. The van der Waals surface area contributed by atoms with Gasteiger partial charge in [0.05, 0.1) is 11.8 Å². The number of benzene rings is 1. The zero-order valence-corrected chi connectivity index (χ0v) is 9.78. The fourth-order valence-corrected chi connectivity index (χ4v) is 1.91. The highest BCUT2D eigenvalue weighted by atomic mass is 19.1. The van der Waals surface area contributed by atoms with Crippen LogP contribution in [-0.4, -0.2) is 19.1 Å². The molecule has 0 atom stereocenters. The van der Waals surface area contributed by atoms with Gasteiger partial charge in [-0.2, -0.15) is 5.26 Å². The topological polar surface area (TPSA) is 62.1 Å². The van der Waals surface area contributed by atoms with Crippen LogP contribution in [0.3, 0.4) is 0 Å². The molecule has 1 heterocycles. The van der Waals surface area contributed by atoms with Gasteiger partial charge in [-0.05, 0) is 25.0 Å². The first kappa shape index (κ1) is 12.5. The molecule has 0 radical (unpaired) electrons. The highest BCUT2D eigenvalue weighted by molar-refractivity contribution is 5.97. The van der Waals surface area contributed by atoms with Crippen LogP contribution in [0.2, 0.25) is 0 Å². The fourth-order valence-electron chi connectivity index (χ4n) is 1.91. The van der Waals surface area contributed by atoms with Crippen LogP contribution in [0.25, 0.3) is 0 Å². The van der Waals surface area contributed by atoms with Crippen LogP contribution in [-0.2, 0) is 9.53 Å². The van der Waals surface area contributed by atoms with E-state index in [1.54, 1.807) is 12.1 Å². The number of ether oxygens (including phenoxy) is 1. The van der Waals surface area contributed by atoms with Crippen molar-refractivity contribution in [1.82, 2.24) is 0 Å². The number of para-hydroxylation sites is 1. The maximum absolute atomic E-state index is 13.4. The van der Waals surface area contributed by atoms with Gasteiger partial charge in [0.2, 0.25) is 5.91 Å². The first-order valence-corrected chi connectivity index (χ1v) is 5.73. The molecule has 4 nitrogen and oxygen atoms in total. The molecule has 1 aromatic rings. The van der Waals surface area contributed by atoms with Crippen molar-refractivity contribution < 1.29 is 13.9 Å². The summed E-state index contributed by atoms with van der Waals surface area (Å²) in [6, 6.07) is 7.94. The van der Waals surface area contributed by atoms with Crippen molar-refractivity contribution in [2.45, 2.75) is 12.8 Å². The maximum Gasteiger partial charge on any atom is 0.245 e. The van der Waals surface area contributed by atoms with Crippen molar-refractivity contribution in [2.75, 3.05) is 18.5 Å². The van der Waals surface area contributed by atoms with Crippen molar-refractivity contribution in [3.05, 3.63) is 30.1 Å². The molecule has 94 valence electrons. The average molecular weight is 248 g/mol. The van der Waals surface area contributed by atoms with Crippen LogP contribution in [0, 0.1) is 22.6 Å². The number of anilines is 1. The number of hydrogen-bond acceptors (Lipinski definition) is 3. The van der Waals surface area contributed by atoms with E-state index in [9.17, 15) is 14.4 Å². The molecular formula is C13H13FN2O2. The Morgan fingerprint density at radius 2 is 2.06 bits per heavy atom. The van der Waals surface area contributed by atoms with Gasteiger partial charge in [0.15, 0.2) is 0 Å². The van der Waals surface area contributed by atoms with E-state index in [0.29, 0.717) is 26.1 Å². The molecule has 1 amide bonds. The normalized spacial score (nSPS) is 17.8. The number of rotatable bonds is 2. The van der Waals surface area contributed by atoms with Crippen molar-refractivity contribution in [3.63, 3.8) is 0 Å². The molecule has 1 aliphatic heterocycles. The third kappa shape index (κ3) is 2.34. The summed E-state index contributed by atoms with van der Waals surface area (Å²) in [5.74, 6) is -0.968. The van der Waals surface area contributed by atoms with Gasteiger partial charge in [0.1, 0.15) is 11.2 Å². The van der Waals surface area contributed by atoms with Gasteiger partial charge < -0.3 is 10.1 Å². The highest BCUT2D eigenvalue weighted by Crippen LogP contribution is 2.31. The molecule has 1 N–H and O–H groups in total. The summed E-state index contributed by atoms with van der Waals surface area (Å²) in [7, 11) is 0. The SMILES string of the molecule is N#CC1(C(=O)Nc2ccccc2F)CCOCC1. The number of amides is 1. The minimum absolute atomic E-state index is 0.101. The van der Waals surface area contributed by atoms with Crippen molar-refractivity contribution >= 4 is 11.6 Å². The first-order chi connectivity index (χ1) is 8.68. The van der Waals surface area contributed by atoms with Crippen molar-refractivity contribution in [2.24, 2.45) is 5.41 Å². The monoisotopic (exact) mass is 248 g/mol. The lowest BCUT2D eigenvalue weighted by Crippen LogP contribution is -2.40. The lowest BCUT2D eigenvalue weighted by molar-refractivity contribution is -0.126. The summed E-state index contributed by atoms with van der Waals surface area (Å²) >= 11 is 0. The predicted molar refractivity (Wildman–Crippen MR) is 63.1 cm³/mol. The second kappa shape index (κ2) is 5.15. The molecule has 1 fully saturated rings. The first-order valence-electron chi connectivity index (χ1n) is 5.73. The summed E-state index contributed by atoms with van der Waals surface area (Å²) < 4.78 is 18.6. The summed E-state index contributed by atoms with van der Waals surface area (Å²) in [5.41, 5.74) is -1.01. The van der Waals surface area contributed by atoms with E-state index in [2.05, 4.69) is 5.32 Å². The van der Waals surface area contributed by atoms with E-state index in [4.69, 9.17) is 4.74 Å². The Bertz CT molecular complexity index is 490. The number of carbonyl (C=O) groups excluding carboxylic acids is 1. The Balaban J connectivity index is 2.16. The molecular weight excluding hydrogens is 235 g/mol. The van der Waals surface area contributed by atoms with Crippen LogP contribution < -0.4 is 5.32 Å². The van der Waals surface area contributed by atoms with Gasteiger partial charge >= 0.3 is 0 Å². The fraction of sp³-hybridized carbons (Fsp3) is 0.385. The molecule has 1 aromatic carbocycles. The van der Waals surface area contributed by atoms with E-state index < -0.39 is 17.1 Å². The van der Waals surface area contributed by atoms with E-state index in [-0.39, 0.29) is 5.69 Å². The van der Waals surface area contributed by atoms with Gasteiger partial charge in [-0.15, -0.1) is 0 Å². The van der Waals surface area contributed by atoms with Gasteiger partial charge in [-0.1, -0.05) is 12.1 Å². The number of nitrogens with zero attached hydrogens (tertiary/aromatic N) is 1. The van der Waals surface area contributed by atoms with E-state index in [1.807, 2.05) is 6.07 Å². The lowest BCUT2D eigenvalue weighted by atomic mass is 9.81. The quantitative estimate of drug-likeness (QED) is 0.871. The second-order valence-electron chi connectivity index (χ2n) is 4.24. The van der Waals surface area contributed by atoms with Crippen molar-refractivity contribution in [3.8, 4) is 6.07 Å². The summed E-state index contributed by atoms with van der Waals surface area (Å²) in [4.78, 5) is 12.1. The number of nitrogens with one attached hydrogen (secondary N) is 1. The smallest absolute Gasteiger partial charge is 0.245 e. The number of carbonyl (C=O) groups is 1. The molecule has 0 saturated carbocycles. The molecule has 2 rings (SSSR count). The summed E-state index contributed by atoms with van der Waals surface area (Å²) in [5, 5.41) is 11.7. The van der Waals surface area contributed by atoms with Crippen LogP contribution in [0.15, 0.2) is 24.3 Å². The van der Waals surface area contributed by atoms with Gasteiger partial charge in [0, 0.05) is 13.2 Å². The Kier molecular flexibility index (Phi) is 3.58. The van der Waals surface area contributed by atoms with Crippen LogP contribution in [0.1, 0.15) is 12.8 Å². The Morgan fingerprint density at radius 3 is 2.67 bits per heavy atom. The third-order valence-corrected chi connectivity index (χ3v) is 3.12. The highest BCUT2D eigenvalue weighted by Gasteiger charge is 2.40. The molecule has 1 saturated heterocycles. The Labute approximate surface area is 104 Å². The Hall–Kier alpha value is -1.93. The number of halogens is 1. The molecule has 0 bridgehead atoms. The molecule has 0 unspecified atom stereocenters. The summed E-state index contributed by atoms with van der Waals surface area (Å²) in [6.07, 6.45) is 0.674. The van der Waals surface area contributed by atoms with E-state index >= 15 is 0 Å². The number of hydrogen-bond donors (Lipinski definition) is 1. The Morgan fingerprint density at radius 1 is 1.39 bits per heavy atom. The summed E-state index contributed by atoms with van der Waals surface area (Å²) in [6.45, 7) is 0.747. The number of nitriles is 1. The van der Waals surface area contributed by atoms with Crippen molar-refractivity contribution in [1.29, 1.82) is 5.26 Å². The van der Waals surface area contributed by atoms with Gasteiger partial charge in [0.25, 0.3) is 0 Å². The molecule has 1 aliphatic rings.